The van der Waals surface area contributed by atoms with Crippen LogP contribution in [-0.2, 0) is 11.2 Å². The summed E-state index contributed by atoms with van der Waals surface area (Å²) in [6.45, 7) is 5.69. The summed E-state index contributed by atoms with van der Waals surface area (Å²) in [5.74, 6) is 1.52. The Labute approximate surface area is 142 Å². The van der Waals surface area contributed by atoms with E-state index in [9.17, 15) is 4.79 Å². The summed E-state index contributed by atoms with van der Waals surface area (Å²) in [6.07, 6.45) is 8.12. The van der Waals surface area contributed by atoms with Crippen LogP contribution in [0.3, 0.4) is 0 Å². The minimum absolute atomic E-state index is 0.248. The molecule has 1 N–H and O–H groups in total. The van der Waals surface area contributed by atoms with E-state index in [2.05, 4.69) is 27.1 Å². The number of nitrogens with zero attached hydrogens (tertiary/aromatic N) is 4. The van der Waals surface area contributed by atoms with Gasteiger partial charge in [0.1, 0.15) is 5.82 Å². The highest BCUT2D eigenvalue weighted by atomic mass is 16.2. The van der Waals surface area contributed by atoms with E-state index in [1.165, 1.54) is 0 Å². The summed E-state index contributed by atoms with van der Waals surface area (Å²) >= 11 is 0. The summed E-state index contributed by atoms with van der Waals surface area (Å²) < 4.78 is 0. The molecule has 1 aliphatic heterocycles. The lowest BCUT2D eigenvalue weighted by molar-refractivity contribution is -0.131. The second kappa shape index (κ2) is 7.55. The molecule has 6 nitrogen and oxygen atoms in total. The maximum Gasteiger partial charge on any atom is 0.222 e. The van der Waals surface area contributed by atoms with E-state index in [0.717, 1.165) is 61.5 Å². The van der Waals surface area contributed by atoms with Crippen molar-refractivity contribution in [2.24, 2.45) is 0 Å². The number of carbonyl (C=O) groups is 1. The molecule has 0 aliphatic carbocycles. The van der Waals surface area contributed by atoms with Gasteiger partial charge < -0.3 is 4.90 Å². The lowest BCUT2D eigenvalue weighted by Crippen LogP contribution is -2.37. The number of amides is 1. The Balaban J connectivity index is 1.77. The normalized spacial score (nSPS) is 15.7. The van der Waals surface area contributed by atoms with Gasteiger partial charge in [0.05, 0.1) is 11.9 Å². The predicted molar refractivity (Wildman–Crippen MR) is 92.5 cm³/mol. The first-order valence-corrected chi connectivity index (χ1v) is 8.86. The number of hydrogen-bond donors (Lipinski definition) is 1. The van der Waals surface area contributed by atoms with Crippen molar-refractivity contribution < 1.29 is 4.79 Å². The second-order valence-corrected chi connectivity index (χ2v) is 6.31. The molecule has 3 rings (SSSR count). The molecule has 0 aromatic carbocycles. The number of aromatic amines is 1. The van der Waals surface area contributed by atoms with Crippen LogP contribution in [0.25, 0.3) is 11.3 Å². The molecule has 2 aromatic heterocycles. The van der Waals surface area contributed by atoms with E-state index >= 15 is 0 Å². The van der Waals surface area contributed by atoms with E-state index < -0.39 is 0 Å². The lowest BCUT2D eigenvalue weighted by Gasteiger charge is -2.31. The molecule has 128 valence electrons. The van der Waals surface area contributed by atoms with Crippen LogP contribution in [0.15, 0.2) is 18.5 Å². The van der Waals surface area contributed by atoms with Crippen molar-refractivity contribution in [2.75, 3.05) is 13.1 Å². The summed E-state index contributed by atoms with van der Waals surface area (Å²) in [4.78, 5) is 22.8. The van der Waals surface area contributed by atoms with Crippen LogP contribution in [0.2, 0.25) is 0 Å². The molecule has 6 heteroatoms. The minimum atomic E-state index is 0.248. The van der Waals surface area contributed by atoms with E-state index in [1.54, 1.807) is 0 Å². The van der Waals surface area contributed by atoms with Crippen molar-refractivity contribution >= 4 is 5.91 Å². The number of carbonyl (C=O) groups excluding carboxylic acids is 1. The molecule has 1 fully saturated rings. The van der Waals surface area contributed by atoms with Crippen molar-refractivity contribution in [3.63, 3.8) is 0 Å². The van der Waals surface area contributed by atoms with Crippen LogP contribution >= 0.6 is 0 Å². The Hall–Kier alpha value is -2.24. The maximum absolute atomic E-state index is 11.8. The smallest absolute Gasteiger partial charge is 0.222 e. The highest BCUT2D eigenvalue weighted by Gasteiger charge is 2.26. The van der Waals surface area contributed by atoms with Crippen molar-refractivity contribution in [1.82, 2.24) is 25.1 Å². The molecule has 0 unspecified atom stereocenters. The highest BCUT2D eigenvalue weighted by Crippen LogP contribution is 2.33. The maximum atomic E-state index is 11.8. The van der Waals surface area contributed by atoms with Gasteiger partial charge in [0.15, 0.2) is 0 Å². The van der Waals surface area contributed by atoms with Gasteiger partial charge in [-0.25, -0.2) is 9.97 Å². The van der Waals surface area contributed by atoms with Gasteiger partial charge in [0.2, 0.25) is 5.91 Å². The topological polar surface area (TPSA) is 74.8 Å². The Morgan fingerprint density at radius 1 is 1.33 bits per heavy atom. The molecule has 3 heterocycles. The van der Waals surface area contributed by atoms with Gasteiger partial charge in [-0.1, -0.05) is 13.8 Å². The lowest BCUT2D eigenvalue weighted by atomic mass is 9.90. The summed E-state index contributed by atoms with van der Waals surface area (Å²) in [7, 11) is 0. The second-order valence-electron chi connectivity index (χ2n) is 6.31. The molecule has 1 amide bonds. The molecule has 2 aromatic rings. The number of aryl methyl sites for hydroxylation is 1. The van der Waals surface area contributed by atoms with Crippen LogP contribution < -0.4 is 0 Å². The van der Waals surface area contributed by atoms with Gasteiger partial charge in [0.25, 0.3) is 0 Å². The van der Waals surface area contributed by atoms with Gasteiger partial charge in [-0.3, -0.25) is 9.89 Å². The SMILES string of the molecule is CCCc1nccc(-c2cn[nH]c2C2CCN(C(=O)CC)CC2)n1. The Bertz CT molecular complexity index is 688. The number of hydrogen-bond acceptors (Lipinski definition) is 4. The number of nitrogens with one attached hydrogen (secondary N) is 1. The quantitative estimate of drug-likeness (QED) is 0.916. The first-order chi connectivity index (χ1) is 11.7. The third kappa shape index (κ3) is 3.47. The molecular weight excluding hydrogens is 302 g/mol. The Morgan fingerprint density at radius 3 is 2.83 bits per heavy atom. The van der Waals surface area contributed by atoms with Crippen LogP contribution in [-0.4, -0.2) is 44.1 Å². The van der Waals surface area contributed by atoms with Crippen molar-refractivity contribution in [2.45, 2.75) is 51.9 Å². The summed E-state index contributed by atoms with van der Waals surface area (Å²) in [5.41, 5.74) is 3.14. The fourth-order valence-electron chi connectivity index (χ4n) is 3.35. The van der Waals surface area contributed by atoms with Crippen molar-refractivity contribution in [1.29, 1.82) is 0 Å². The van der Waals surface area contributed by atoms with Gasteiger partial charge >= 0.3 is 0 Å². The van der Waals surface area contributed by atoms with Gasteiger partial charge in [-0.15, -0.1) is 0 Å². The monoisotopic (exact) mass is 327 g/mol. The average molecular weight is 327 g/mol. The summed E-state index contributed by atoms with van der Waals surface area (Å²) in [6, 6.07) is 1.95. The highest BCUT2D eigenvalue weighted by molar-refractivity contribution is 5.76. The first kappa shape index (κ1) is 16.6. The van der Waals surface area contributed by atoms with E-state index in [0.29, 0.717) is 12.3 Å². The Morgan fingerprint density at radius 2 is 2.12 bits per heavy atom. The third-order valence-corrected chi connectivity index (χ3v) is 4.68. The number of aromatic nitrogens is 4. The van der Waals surface area contributed by atoms with E-state index in [1.807, 2.05) is 30.3 Å². The van der Waals surface area contributed by atoms with Crippen LogP contribution in [0.5, 0.6) is 0 Å². The van der Waals surface area contributed by atoms with Crippen LogP contribution in [0.1, 0.15) is 57.0 Å². The van der Waals surface area contributed by atoms with Crippen LogP contribution in [0, 0.1) is 0 Å². The number of H-pyrrole nitrogens is 1. The first-order valence-electron chi connectivity index (χ1n) is 8.86. The molecule has 0 radical (unpaired) electrons. The molecule has 1 aliphatic rings. The number of likely N-dealkylation sites (tertiary alicyclic amines) is 1. The van der Waals surface area contributed by atoms with Gasteiger partial charge in [0, 0.05) is 49.3 Å². The number of rotatable bonds is 5. The average Bonchev–Trinajstić information content (AvgIpc) is 3.11. The van der Waals surface area contributed by atoms with Crippen LogP contribution in [0.4, 0.5) is 0 Å². The van der Waals surface area contributed by atoms with Gasteiger partial charge in [-0.2, -0.15) is 5.10 Å². The predicted octanol–water partition coefficient (Wildman–Crippen LogP) is 2.94. The van der Waals surface area contributed by atoms with Crippen molar-refractivity contribution in [3.8, 4) is 11.3 Å². The van der Waals surface area contributed by atoms with E-state index in [4.69, 9.17) is 0 Å². The Kier molecular flexibility index (Phi) is 5.23. The zero-order valence-electron chi connectivity index (χ0n) is 14.5. The molecule has 24 heavy (non-hydrogen) atoms. The summed E-state index contributed by atoms with van der Waals surface area (Å²) in [5, 5.41) is 7.42. The zero-order chi connectivity index (χ0) is 16.9. The molecular formula is C18H25N5O. The standard InChI is InChI=1S/C18H25N5O/c1-3-5-16-19-9-6-15(21-16)14-12-20-22-18(14)13-7-10-23(11-8-13)17(24)4-2/h6,9,12-13H,3-5,7-8,10-11H2,1-2H3,(H,20,22). The number of piperidine rings is 1. The molecule has 0 spiro atoms. The van der Waals surface area contributed by atoms with Crippen molar-refractivity contribution in [3.05, 3.63) is 30.0 Å². The molecule has 0 atom stereocenters. The van der Waals surface area contributed by atoms with Gasteiger partial charge in [-0.05, 0) is 25.3 Å². The largest absolute Gasteiger partial charge is 0.343 e. The fraction of sp³-hybridized carbons (Fsp3) is 0.556. The zero-order valence-corrected chi connectivity index (χ0v) is 14.5. The third-order valence-electron chi connectivity index (χ3n) is 4.68. The van der Waals surface area contributed by atoms with E-state index in [-0.39, 0.29) is 5.91 Å². The molecule has 1 saturated heterocycles. The molecule has 0 bridgehead atoms. The minimum Gasteiger partial charge on any atom is -0.343 e. The molecule has 0 saturated carbocycles. The fourth-order valence-corrected chi connectivity index (χ4v) is 3.35.